The van der Waals surface area contributed by atoms with Crippen LogP contribution in [0.2, 0.25) is 0 Å². The highest BCUT2D eigenvalue weighted by atomic mass is 19.1. The number of hydrogen-bond donors (Lipinski definition) is 0. The molecule has 0 radical (unpaired) electrons. The maximum Gasteiger partial charge on any atom is 0.297 e. The number of likely N-dealkylation sites (N-methyl/N-ethyl adjacent to an activating group) is 1. The summed E-state index contributed by atoms with van der Waals surface area (Å²) in [7, 11) is 1.65. The van der Waals surface area contributed by atoms with Crippen molar-refractivity contribution < 1.29 is 13.6 Å². The summed E-state index contributed by atoms with van der Waals surface area (Å²) in [5.41, 5.74) is 1.59. The van der Waals surface area contributed by atoms with E-state index in [1.165, 1.54) is 27.9 Å². The molecular formula is C21H18FN3O3. The molecule has 0 fully saturated rings. The van der Waals surface area contributed by atoms with E-state index in [9.17, 15) is 14.0 Å². The first-order chi connectivity index (χ1) is 13.5. The number of halogens is 1. The molecule has 1 unspecified atom stereocenters. The fourth-order valence-electron chi connectivity index (χ4n) is 3.17. The molecule has 2 heterocycles. The van der Waals surface area contributed by atoms with E-state index in [4.69, 9.17) is 4.42 Å². The number of carbonyl (C=O) groups is 1. The van der Waals surface area contributed by atoms with Gasteiger partial charge < -0.3 is 9.32 Å². The molecule has 7 heteroatoms. The van der Waals surface area contributed by atoms with Gasteiger partial charge in [-0.3, -0.25) is 14.2 Å². The number of rotatable bonds is 4. The van der Waals surface area contributed by atoms with Gasteiger partial charge in [0.05, 0.1) is 12.4 Å². The largest absolute Gasteiger partial charge is 0.448 e. The average Bonchev–Trinajstić information content (AvgIpc) is 3.09. The Balaban J connectivity index is 1.61. The molecule has 142 valence electrons. The summed E-state index contributed by atoms with van der Waals surface area (Å²) in [6.45, 7) is 1.68. The Morgan fingerprint density at radius 1 is 1.21 bits per heavy atom. The molecular weight excluding hydrogens is 361 g/mol. The van der Waals surface area contributed by atoms with Crippen molar-refractivity contribution in [3.8, 4) is 0 Å². The third-order valence-corrected chi connectivity index (χ3v) is 4.98. The summed E-state index contributed by atoms with van der Waals surface area (Å²) in [5.74, 6) is -0.599. The van der Waals surface area contributed by atoms with Crippen molar-refractivity contribution in [1.82, 2.24) is 14.5 Å². The highest BCUT2D eigenvalue weighted by Gasteiger charge is 2.20. The Kier molecular flexibility index (Phi) is 4.43. The van der Waals surface area contributed by atoms with Gasteiger partial charge in [0.2, 0.25) is 11.5 Å². The lowest BCUT2D eigenvalue weighted by molar-refractivity contribution is -0.132. The topological polar surface area (TPSA) is 68.3 Å². The fourth-order valence-corrected chi connectivity index (χ4v) is 3.17. The maximum atomic E-state index is 13.1. The molecule has 0 aliphatic rings. The molecule has 0 saturated heterocycles. The number of furan rings is 1. The summed E-state index contributed by atoms with van der Waals surface area (Å²) < 4.78 is 20.0. The van der Waals surface area contributed by atoms with Crippen LogP contribution < -0.4 is 5.56 Å². The predicted octanol–water partition coefficient (Wildman–Crippen LogP) is 3.50. The lowest BCUT2D eigenvalue weighted by Gasteiger charge is -2.25. The summed E-state index contributed by atoms with van der Waals surface area (Å²) in [5, 5.41) is 0.759. The molecule has 0 saturated carbocycles. The minimum absolute atomic E-state index is 0.130. The minimum Gasteiger partial charge on any atom is -0.448 e. The van der Waals surface area contributed by atoms with Crippen molar-refractivity contribution in [2.75, 3.05) is 7.05 Å². The van der Waals surface area contributed by atoms with E-state index in [2.05, 4.69) is 4.98 Å². The first-order valence-electron chi connectivity index (χ1n) is 8.83. The van der Waals surface area contributed by atoms with E-state index < -0.39 is 5.56 Å². The number of fused-ring (bicyclic) bond motifs is 3. The molecule has 1 atom stereocenters. The molecule has 4 rings (SSSR count). The van der Waals surface area contributed by atoms with Crippen LogP contribution in [-0.4, -0.2) is 27.4 Å². The van der Waals surface area contributed by atoms with E-state index in [1.807, 2.05) is 25.1 Å². The molecule has 0 N–H and O–H groups in total. The molecule has 4 aromatic rings. The number of hydrogen-bond acceptors (Lipinski definition) is 4. The lowest BCUT2D eigenvalue weighted by atomic mass is 10.1. The van der Waals surface area contributed by atoms with Gasteiger partial charge >= 0.3 is 0 Å². The number of carbonyl (C=O) groups excluding carboxylic acids is 1. The Hall–Kier alpha value is -3.48. The molecule has 28 heavy (non-hydrogen) atoms. The molecule has 0 aliphatic heterocycles. The SMILES string of the molecule is CC(c1ccc(F)cc1)N(C)C(=O)Cn1cnc2c(oc3ccccc32)c1=O. The number of benzene rings is 2. The first-order valence-corrected chi connectivity index (χ1v) is 8.83. The van der Waals surface area contributed by atoms with Gasteiger partial charge in [-0.05, 0) is 36.8 Å². The van der Waals surface area contributed by atoms with Crippen molar-refractivity contribution in [3.05, 3.63) is 76.6 Å². The summed E-state index contributed by atoms with van der Waals surface area (Å²) in [6, 6.07) is 13.0. The Labute approximate surface area is 159 Å². The zero-order chi connectivity index (χ0) is 19.8. The van der Waals surface area contributed by atoms with Crippen LogP contribution in [0.4, 0.5) is 4.39 Å². The van der Waals surface area contributed by atoms with Gasteiger partial charge in [0, 0.05) is 12.4 Å². The van der Waals surface area contributed by atoms with Gasteiger partial charge in [0.15, 0.2) is 0 Å². The van der Waals surface area contributed by atoms with E-state index in [-0.39, 0.29) is 29.9 Å². The maximum absolute atomic E-state index is 13.1. The van der Waals surface area contributed by atoms with E-state index >= 15 is 0 Å². The summed E-state index contributed by atoms with van der Waals surface area (Å²) >= 11 is 0. The van der Waals surface area contributed by atoms with Gasteiger partial charge in [-0.1, -0.05) is 24.3 Å². The number of para-hydroxylation sites is 1. The Morgan fingerprint density at radius 2 is 1.93 bits per heavy atom. The smallest absolute Gasteiger partial charge is 0.297 e. The van der Waals surface area contributed by atoms with Gasteiger partial charge in [-0.25, -0.2) is 9.37 Å². The van der Waals surface area contributed by atoms with Crippen LogP contribution in [0.25, 0.3) is 22.1 Å². The normalized spacial score (nSPS) is 12.4. The van der Waals surface area contributed by atoms with E-state index in [0.717, 1.165) is 10.9 Å². The molecule has 6 nitrogen and oxygen atoms in total. The van der Waals surface area contributed by atoms with Crippen LogP contribution in [0.1, 0.15) is 18.5 Å². The first kappa shape index (κ1) is 17.9. The van der Waals surface area contributed by atoms with Crippen LogP contribution in [0.15, 0.2) is 64.1 Å². The Bertz CT molecular complexity index is 1230. The third kappa shape index (κ3) is 3.05. The van der Waals surface area contributed by atoms with Crippen LogP contribution >= 0.6 is 0 Å². The van der Waals surface area contributed by atoms with E-state index in [0.29, 0.717) is 11.1 Å². The summed E-state index contributed by atoms with van der Waals surface area (Å²) in [6.07, 6.45) is 1.36. The highest BCUT2D eigenvalue weighted by Crippen LogP contribution is 2.24. The van der Waals surface area contributed by atoms with E-state index in [1.54, 1.807) is 25.2 Å². The Morgan fingerprint density at radius 3 is 2.68 bits per heavy atom. The third-order valence-electron chi connectivity index (χ3n) is 4.98. The standard InChI is InChI=1S/C21H18FN3O3/c1-13(14-7-9-15(22)10-8-14)24(2)18(26)11-25-12-23-19-16-5-3-4-6-17(16)28-20(19)21(25)27/h3-10,12-13H,11H2,1-2H3. The van der Waals surface area contributed by atoms with Crippen LogP contribution in [0.5, 0.6) is 0 Å². The number of amides is 1. The second-order valence-electron chi connectivity index (χ2n) is 6.69. The second kappa shape index (κ2) is 6.92. The monoisotopic (exact) mass is 379 g/mol. The number of aromatic nitrogens is 2. The summed E-state index contributed by atoms with van der Waals surface area (Å²) in [4.78, 5) is 31.3. The second-order valence-corrected chi connectivity index (χ2v) is 6.69. The average molecular weight is 379 g/mol. The predicted molar refractivity (Wildman–Crippen MR) is 103 cm³/mol. The van der Waals surface area contributed by atoms with Crippen molar-refractivity contribution >= 4 is 28.0 Å². The molecule has 2 aromatic heterocycles. The molecule has 0 bridgehead atoms. The minimum atomic E-state index is -0.405. The zero-order valence-electron chi connectivity index (χ0n) is 15.4. The van der Waals surface area contributed by atoms with Gasteiger partial charge in [0.25, 0.3) is 5.56 Å². The quantitative estimate of drug-likeness (QED) is 0.544. The molecule has 2 aromatic carbocycles. The van der Waals surface area contributed by atoms with Crippen molar-refractivity contribution in [1.29, 1.82) is 0 Å². The fraction of sp³-hybridized carbons (Fsp3) is 0.190. The molecule has 0 spiro atoms. The van der Waals surface area contributed by atoms with Gasteiger partial charge in [-0.2, -0.15) is 0 Å². The molecule has 1 amide bonds. The van der Waals surface area contributed by atoms with Crippen molar-refractivity contribution in [2.45, 2.75) is 19.5 Å². The highest BCUT2D eigenvalue weighted by molar-refractivity contribution is 6.01. The van der Waals surface area contributed by atoms with Crippen LogP contribution in [0, 0.1) is 5.82 Å². The van der Waals surface area contributed by atoms with Crippen molar-refractivity contribution in [2.24, 2.45) is 0 Å². The van der Waals surface area contributed by atoms with Gasteiger partial charge in [-0.15, -0.1) is 0 Å². The number of nitrogens with zero attached hydrogens (tertiary/aromatic N) is 3. The lowest BCUT2D eigenvalue weighted by Crippen LogP contribution is -2.35. The van der Waals surface area contributed by atoms with Crippen molar-refractivity contribution in [3.63, 3.8) is 0 Å². The van der Waals surface area contributed by atoms with Gasteiger partial charge in [0.1, 0.15) is 23.5 Å². The van der Waals surface area contributed by atoms with Crippen LogP contribution in [-0.2, 0) is 11.3 Å². The molecule has 0 aliphatic carbocycles. The zero-order valence-corrected chi connectivity index (χ0v) is 15.4. The van der Waals surface area contributed by atoms with Crippen LogP contribution in [0.3, 0.4) is 0 Å².